The molecule has 1 saturated carbocycles. The number of hydrogen-bond acceptors (Lipinski definition) is 3. The SMILES string of the molecule is CCC(CC1(Cc2cc(C)on2)CCCCCCC1)C(=O)Nc1c(C)cccc1C. The quantitative estimate of drug-likeness (QED) is 0.538. The van der Waals surface area contributed by atoms with Gasteiger partial charge in [-0.1, -0.05) is 62.4 Å². The second kappa shape index (κ2) is 10.3. The second-order valence-electron chi connectivity index (χ2n) is 9.44. The van der Waals surface area contributed by atoms with E-state index in [9.17, 15) is 4.79 Å². The van der Waals surface area contributed by atoms with Gasteiger partial charge in [0.2, 0.25) is 5.91 Å². The summed E-state index contributed by atoms with van der Waals surface area (Å²) in [7, 11) is 0. The summed E-state index contributed by atoms with van der Waals surface area (Å²) in [5, 5.41) is 7.56. The Morgan fingerprint density at radius 2 is 1.73 bits per heavy atom. The summed E-state index contributed by atoms with van der Waals surface area (Å²) in [6, 6.07) is 8.23. The number of aromatic nitrogens is 1. The van der Waals surface area contributed by atoms with Crippen molar-refractivity contribution in [3.05, 3.63) is 46.8 Å². The van der Waals surface area contributed by atoms with Gasteiger partial charge in [-0.25, -0.2) is 0 Å². The van der Waals surface area contributed by atoms with Crippen molar-refractivity contribution in [2.45, 2.75) is 91.9 Å². The molecule has 30 heavy (non-hydrogen) atoms. The summed E-state index contributed by atoms with van der Waals surface area (Å²) >= 11 is 0. The van der Waals surface area contributed by atoms with E-state index < -0.39 is 0 Å². The predicted octanol–water partition coefficient (Wildman–Crippen LogP) is 6.93. The molecular formula is C26H38N2O2. The van der Waals surface area contributed by atoms with E-state index >= 15 is 0 Å². The van der Waals surface area contributed by atoms with E-state index in [2.05, 4.69) is 49.4 Å². The maximum Gasteiger partial charge on any atom is 0.227 e. The first kappa shape index (κ1) is 22.6. The number of nitrogens with zero attached hydrogens (tertiary/aromatic N) is 1. The maximum absolute atomic E-state index is 13.3. The molecule has 1 unspecified atom stereocenters. The number of para-hydroxylation sites is 1. The van der Waals surface area contributed by atoms with Gasteiger partial charge in [-0.2, -0.15) is 0 Å². The van der Waals surface area contributed by atoms with E-state index in [4.69, 9.17) is 4.52 Å². The summed E-state index contributed by atoms with van der Waals surface area (Å²) in [5.41, 5.74) is 4.38. The van der Waals surface area contributed by atoms with Crippen molar-refractivity contribution in [2.75, 3.05) is 5.32 Å². The number of carbonyl (C=O) groups excluding carboxylic acids is 1. The van der Waals surface area contributed by atoms with E-state index in [0.717, 1.165) is 47.5 Å². The van der Waals surface area contributed by atoms with Crippen LogP contribution in [-0.2, 0) is 11.2 Å². The highest BCUT2D eigenvalue weighted by molar-refractivity contribution is 5.94. The van der Waals surface area contributed by atoms with E-state index in [1.807, 2.05) is 13.0 Å². The van der Waals surface area contributed by atoms with Crippen molar-refractivity contribution in [1.29, 1.82) is 0 Å². The van der Waals surface area contributed by atoms with Crippen molar-refractivity contribution in [3.8, 4) is 0 Å². The summed E-state index contributed by atoms with van der Waals surface area (Å²) in [6.45, 7) is 8.22. The molecule has 0 bridgehead atoms. The molecule has 1 atom stereocenters. The lowest BCUT2D eigenvalue weighted by atomic mass is 9.67. The van der Waals surface area contributed by atoms with Crippen LogP contribution in [-0.4, -0.2) is 11.1 Å². The number of aryl methyl sites for hydroxylation is 3. The van der Waals surface area contributed by atoms with Crippen molar-refractivity contribution < 1.29 is 9.32 Å². The van der Waals surface area contributed by atoms with Gasteiger partial charge >= 0.3 is 0 Å². The Morgan fingerprint density at radius 1 is 1.10 bits per heavy atom. The Morgan fingerprint density at radius 3 is 2.30 bits per heavy atom. The van der Waals surface area contributed by atoms with Gasteiger partial charge in [0.15, 0.2) is 0 Å². The molecule has 4 nitrogen and oxygen atoms in total. The first-order valence-corrected chi connectivity index (χ1v) is 11.7. The van der Waals surface area contributed by atoms with Crippen LogP contribution in [0.25, 0.3) is 0 Å². The fourth-order valence-corrected chi connectivity index (χ4v) is 5.18. The van der Waals surface area contributed by atoms with Crippen LogP contribution in [0.15, 0.2) is 28.8 Å². The zero-order valence-corrected chi connectivity index (χ0v) is 19.2. The molecule has 1 heterocycles. The Hall–Kier alpha value is -2.10. The number of anilines is 1. The van der Waals surface area contributed by atoms with Gasteiger partial charge < -0.3 is 9.84 Å². The molecule has 0 spiro atoms. The van der Waals surface area contributed by atoms with Crippen molar-refractivity contribution in [2.24, 2.45) is 11.3 Å². The first-order valence-electron chi connectivity index (χ1n) is 11.7. The normalized spacial score (nSPS) is 17.7. The number of carbonyl (C=O) groups is 1. The standard InChI is InChI=1S/C26H38N2O2/c1-5-22(25(29)27-24-19(2)12-11-13-20(24)3)17-26(14-9-7-6-8-10-15-26)18-23-16-21(4)30-28-23/h11-13,16,22H,5-10,14-15,17-18H2,1-4H3,(H,27,29). The van der Waals surface area contributed by atoms with Gasteiger partial charge in [0.25, 0.3) is 0 Å². The molecule has 1 fully saturated rings. The predicted molar refractivity (Wildman–Crippen MR) is 123 cm³/mol. The third-order valence-electron chi connectivity index (χ3n) is 6.92. The van der Waals surface area contributed by atoms with Crippen LogP contribution in [0.1, 0.15) is 87.3 Å². The summed E-state index contributed by atoms with van der Waals surface area (Å²) in [6.07, 6.45) is 11.5. The smallest absolute Gasteiger partial charge is 0.227 e. The van der Waals surface area contributed by atoms with Gasteiger partial charge in [-0.3, -0.25) is 4.79 Å². The molecule has 0 saturated heterocycles. The molecule has 2 aromatic rings. The average molecular weight is 411 g/mol. The molecule has 1 N–H and O–H groups in total. The fraction of sp³-hybridized carbons (Fsp3) is 0.615. The van der Waals surface area contributed by atoms with Gasteiger partial charge in [-0.15, -0.1) is 0 Å². The Bertz CT molecular complexity index is 811. The van der Waals surface area contributed by atoms with Crippen molar-refractivity contribution in [1.82, 2.24) is 5.16 Å². The average Bonchev–Trinajstić information content (AvgIpc) is 3.10. The van der Waals surface area contributed by atoms with Gasteiger partial charge in [0, 0.05) is 17.7 Å². The third-order valence-corrected chi connectivity index (χ3v) is 6.92. The molecule has 1 aromatic heterocycles. The zero-order chi connectivity index (χ0) is 21.6. The number of nitrogens with one attached hydrogen (secondary N) is 1. The number of benzene rings is 1. The van der Waals surface area contributed by atoms with Gasteiger partial charge in [0.05, 0.1) is 5.69 Å². The Labute approximate surface area is 181 Å². The Balaban J connectivity index is 1.80. The monoisotopic (exact) mass is 410 g/mol. The third kappa shape index (κ3) is 5.74. The number of hydrogen-bond donors (Lipinski definition) is 1. The van der Waals surface area contributed by atoms with Gasteiger partial charge in [-0.05, 0) is 69.4 Å². The fourth-order valence-electron chi connectivity index (χ4n) is 5.18. The molecule has 4 heteroatoms. The van der Waals surface area contributed by atoms with Crippen LogP contribution in [0.4, 0.5) is 5.69 Å². The van der Waals surface area contributed by atoms with Crippen LogP contribution >= 0.6 is 0 Å². The van der Waals surface area contributed by atoms with E-state index in [1.54, 1.807) is 0 Å². The summed E-state index contributed by atoms with van der Waals surface area (Å²) < 4.78 is 5.36. The molecule has 1 aliphatic rings. The molecule has 3 rings (SSSR count). The first-order chi connectivity index (χ1) is 14.4. The minimum absolute atomic E-state index is 0.0106. The van der Waals surface area contributed by atoms with E-state index in [1.165, 1.54) is 44.9 Å². The minimum Gasteiger partial charge on any atom is -0.361 e. The Kier molecular flexibility index (Phi) is 7.74. The number of amides is 1. The molecule has 0 aliphatic heterocycles. The molecule has 0 radical (unpaired) electrons. The molecule has 1 aromatic carbocycles. The summed E-state index contributed by atoms with van der Waals surface area (Å²) in [5.74, 6) is 1.04. The van der Waals surface area contributed by atoms with Crippen LogP contribution < -0.4 is 5.32 Å². The van der Waals surface area contributed by atoms with Gasteiger partial charge in [0.1, 0.15) is 5.76 Å². The highest BCUT2D eigenvalue weighted by Crippen LogP contribution is 2.43. The maximum atomic E-state index is 13.3. The van der Waals surface area contributed by atoms with Crippen LogP contribution in [0, 0.1) is 32.1 Å². The van der Waals surface area contributed by atoms with E-state index in [-0.39, 0.29) is 17.2 Å². The second-order valence-corrected chi connectivity index (χ2v) is 9.44. The molecule has 1 amide bonds. The van der Waals surface area contributed by atoms with Crippen LogP contribution in [0.2, 0.25) is 0 Å². The van der Waals surface area contributed by atoms with Crippen molar-refractivity contribution in [3.63, 3.8) is 0 Å². The highest BCUT2D eigenvalue weighted by Gasteiger charge is 2.36. The topological polar surface area (TPSA) is 55.1 Å². The molecule has 164 valence electrons. The minimum atomic E-state index is 0.0106. The van der Waals surface area contributed by atoms with Crippen molar-refractivity contribution >= 4 is 11.6 Å². The van der Waals surface area contributed by atoms with Crippen LogP contribution in [0.5, 0.6) is 0 Å². The number of rotatable bonds is 7. The lowest BCUT2D eigenvalue weighted by Crippen LogP contribution is -2.33. The molecule has 1 aliphatic carbocycles. The lowest BCUT2D eigenvalue weighted by molar-refractivity contribution is -0.121. The molecular weight excluding hydrogens is 372 g/mol. The summed E-state index contributed by atoms with van der Waals surface area (Å²) in [4.78, 5) is 13.3. The zero-order valence-electron chi connectivity index (χ0n) is 19.2. The highest BCUT2D eigenvalue weighted by atomic mass is 16.5. The lowest BCUT2D eigenvalue weighted by Gasteiger charge is -2.37. The largest absolute Gasteiger partial charge is 0.361 e. The van der Waals surface area contributed by atoms with Crippen LogP contribution in [0.3, 0.4) is 0 Å². The van der Waals surface area contributed by atoms with E-state index in [0.29, 0.717) is 0 Å².